The number of rotatable bonds is 5. The Morgan fingerprint density at radius 2 is 2.08 bits per heavy atom. The molecule has 134 valence electrons. The normalized spacial score (nSPS) is 18.4. The van der Waals surface area contributed by atoms with Crippen LogP contribution in [-0.4, -0.2) is 41.4 Å². The van der Waals surface area contributed by atoms with Crippen LogP contribution in [0.3, 0.4) is 0 Å². The van der Waals surface area contributed by atoms with Gasteiger partial charge in [-0.25, -0.2) is 8.42 Å². The van der Waals surface area contributed by atoms with Crippen molar-refractivity contribution >= 4 is 44.0 Å². The second-order valence-corrected chi connectivity index (χ2v) is 8.96. The van der Waals surface area contributed by atoms with Crippen LogP contribution in [0.25, 0.3) is 0 Å². The summed E-state index contributed by atoms with van der Waals surface area (Å²) in [7, 11) is -3.76. The van der Waals surface area contributed by atoms with Crippen LogP contribution in [-0.2, 0) is 21.2 Å². The van der Waals surface area contributed by atoms with Gasteiger partial charge in [-0.15, -0.1) is 10.2 Å². The van der Waals surface area contributed by atoms with E-state index in [0.29, 0.717) is 29.5 Å². The smallest absolute Gasteiger partial charge is 0.244 e. The average Bonchev–Trinajstić information content (AvgIpc) is 3.24. The second-order valence-electron chi connectivity index (χ2n) is 5.57. The van der Waals surface area contributed by atoms with Crippen LogP contribution in [0.1, 0.15) is 24.8 Å². The Labute approximate surface area is 155 Å². The first kappa shape index (κ1) is 18.2. The lowest BCUT2D eigenvalue weighted by Gasteiger charge is -2.23. The fraction of sp³-hybridized carbons (Fsp3) is 0.400. The van der Waals surface area contributed by atoms with Gasteiger partial charge in [-0.3, -0.25) is 10.1 Å². The maximum Gasteiger partial charge on any atom is 0.244 e. The molecule has 1 aromatic carbocycles. The van der Waals surface area contributed by atoms with Crippen LogP contribution < -0.4 is 5.32 Å². The average molecular weight is 401 g/mol. The molecule has 0 saturated carbocycles. The van der Waals surface area contributed by atoms with Crippen LogP contribution in [0.15, 0.2) is 29.2 Å². The molecular formula is C15H17ClN4O3S2. The van der Waals surface area contributed by atoms with E-state index in [1.807, 2.05) is 6.92 Å². The van der Waals surface area contributed by atoms with Crippen molar-refractivity contribution in [3.63, 3.8) is 0 Å². The number of hydrogen-bond donors (Lipinski definition) is 1. The van der Waals surface area contributed by atoms with Gasteiger partial charge in [-0.2, -0.15) is 4.31 Å². The molecule has 1 aromatic heterocycles. The zero-order chi connectivity index (χ0) is 18.0. The summed E-state index contributed by atoms with van der Waals surface area (Å²) in [6.45, 7) is 2.25. The van der Waals surface area contributed by atoms with Crippen LogP contribution >= 0.6 is 22.9 Å². The standard InChI is InChI=1S/C15H17ClN4O3S2/c1-2-13-18-19-15(24-13)17-14(21)12-4-3-9-20(12)25(22,23)11-7-5-10(16)6-8-11/h5-8,12H,2-4,9H2,1H3,(H,17,19,21)/t12-/m0/s1. The summed E-state index contributed by atoms with van der Waals surface area (Å²) >= 11 is 7.11. The molecule has 10 heteroatoms. The van der Waals surface area contributed by atoms with Crippen molar-refractivity contribution in [3.05, 3.63) is 34.3 Å². The summed E-state index contributed by atoms with van der Waals surface area (Å²) < 4.78 is 26.9. The third-order valence-corrected chi connectivity index (χ3v) is 7.08. The highest BCUT2D eigenvalue weighted by Gasteiger charge is 2.39. The third kappa shape index (κ3) is 3.84. The zero-order valence-electron chi connectivity index (χ0n) is 13.5. The quantitative estimate of drug-likeness (QED) is 0.832. The van der Waals surface area contributed by atoms with Gasteiger partial charge in [0, 0.05) is 11.6 Å². The predicted octanol–water partition coefficient (Wildman–Crippen LogP) is 2.55. The molecule has 1 aliphatic rings. The molecular weight excluding hydrogens is 384 g/mol. The van der Waals surface area contributed by atoms with Crippen molar-refractivity contribution in [2.24, 2.45) is 0 Å². The minimum atomic E-state index is -3.76. The van der Waals surface area contributed by atoms with Gasteiger partial charge in [0.1, 0.15) is 11.0 Å². The molecule has 0 radical (unpaired) electrons. The Hall–Kier alpha value is -1.55. The molecule has 1 N–H and O–H groups in total. The Balaban J connectivity index is 1.79. The van der Waals surface area contributed by atoms with E-state index >= 15 is 0 Å². The van der Waals surface area contributed by atoms with Crippen molar-refractivity contribution in [1.29, 1.82) is 0 Å². The number of carbonyl (C=O) groups is 1. The molecule has 0 aliphatic carbocycles. The van der Waals surface area contributed by atoms with E-state index < -0.39 is 16.1 Å². The van der Waals surface area contributed by atoms with Crippen molar-refractivity contribution in [2.45, 2.75) is 37.1 Å². The van der Waals surface area contributed by atoms with E-state index in [1.54, 1.807) is 0 Å². The first-order valence-electron chi connectivity index (χ1n) is 7.82. The molecule has 1 aliphatic heterocycles. The largest absolute Gasteiger partial charge is 0.299 e. The lowest BCUT2D eigenvalue weighted by molar-refractivity contribution is -0.119. The number of aryl methyl sites for hydroxylation is 1. The number of aromatic nitrogens is 2. The lowest BCUT2D eigenvalue weighted by Crippen LogP contribution is -2.43. The zero-order valence-corrected chi connectivity index (χ0v) is 15.9. The van der Waals surface area contributed by atoms with Gasteiger partial charge in [-0.1, -0.05) is 29.9 Å². The number of sulfonamides is 1. The number of anilines is 1. The Kier molecular flexibility index (Phi) is 5.38. The van der Waals surface area contributed by atoms with E-state index in [0.717, 1.165) is 11.4 Å². The molecule has 0 unspecified atom stereocenters. The third-order valence-electron chi connectivity index (χ3n) is 3.93. The van der Waals surface area contributed by atoms with Gasteiger partial charge in [0.25, 0.3) is 0 Å². The van der Waals surface area contributed by atoms with E-state index in [-0.39, 0.29) is 10.8 Å². The summed E-state index contributed by atoms with van der Waals surface area (Å²) in [6, 6.07) is 5.18. The Bertz CT molecular complexity index is 867. The van der Waals surface area contributed by atoms with Crippen LogP contribution in [0.2, 0.25) is 5.02 Å². The maximum atomic E-state index is 12.8. The summed E-state index contributed by atoms with van der Waals surface area (Å²) in [5, 5.41) is 12.2. The molecule has 1 fully saturated rings. The van der Waals surface area contributed by atoms with Crippen LogP contribution in [0.5, 0.6) is 0 Å². The first-order valence-corrected chi connectivity index (χ1v) is 10.5. The summed E-state index contributed by atoms with van der Waals surface area (Å²) in [5.41, 5.74) is 0. The van der Waals surface area contributed by atoms with E-state index in [4.69, 9.17) is 11.6 Å². The number of nitrogens with one attached hydrogen (secondary N) is 1. The van der Waals surface area contributed by atoms with Crippen molar-refractivity contribution in [2.75, 3.05) is 11.9 Å². The number of nitrogens with zero attached hydrogens (tertiary/aromatic N) is 3. The Morgan fingerprint density at radius 1 is 1.36 bits per heavy atom. The van der Waals surface area contributed by atoms with E-state index in [2.05, 4.69) is 15.5 Å². The predicted molar refractivity (Wildman–Crippen MR) is 96.3 cm³/mol. The van der Waals surface area contributed by atoms with Gasteiger partial charge in [-0.05, 0) is 43.5 Å². The molecule has 3 rings (SSSR count). The highest BCUT2D eigenvalue weighted by atomic mass is 35.5. The van der Waals surface area contributed by atoms with Gasteiger partial charge >= 0.3 is 0 Å². The molecule has 1 atom stereocenters. The number of halogens is 1. The molecule has 0 bridgehead atoms. The van der Waals surface area contributed by atoms with Gasteiger partial charge in [0.05, 0.1) is 4.90 Å². The number of carbonyl (C=O) groups excluding carboxylic acids is 1. The number of hydrogen-bond acceptors (Lipinski definition) is 6. The van der Waals surface area contributed by atoms with Crippen molar-refractivity contribution in [1.82, 2.24) is 14.5 Å². The SMILES string of the molecule is CCc1nnc(NC(=O)[C@@H]2CCCN2S(=O)(=O)c2ccc(Cl)cc2)s1. The Morgan fingerprint density at radius 3 is 2.72 bits per heavy atom. The number of benzene rings is 1. The first-order chi connectivity index (χ1) is 11.9. The van der Waals surface area contributed by atoms with Crippen LogP contribution in [0, 0.1) is 0 Å². The van der Waals surface area contributed by atoms with Crippen molar-refractivity contribution in [3.8, 4) is 0 Å². The molecule has 2 heterocycles. The van der Waals surface area contributed by atoms with Crippen molar-refractivity contribution < 1.29 is 13.2 Å². The fourth-order valence-corrected chi connectivity index (χ4v) is 5.13. The summed E-state index contributed by atoms with van der Waals surface area (Å²) in [6.07, 6.45) is 1.83. The molecule has 0 spiro atoms. The maximum absolute atomic E-state index is 12.8. The topological polar surface area (TPSA) is 92.3 Å². The summed E-state index contributed by atoms with van der Waals surface area (Å²) in [4.78, 5) is 12.7. The highest BCUT2D eigenvalue weighted by molar-refractivity contribution is 7.89. The van der Waals surface area contributed by atoms with E-state index in [1.165, 1.54) is 39.9 Å². The molecule has 25 heavy (non-hydrogen) atoms. The molecule has 1 amide bonds. The molecule has 1 saturated heterocycles. The molecule has 7 nitrogen and oxygen atoms in total. The lowest BCUT2D eigenvalue weighted by atomic mass is 10.2. The highest BCUT2D eigenvalue weighted by Crippen LogP contribution is 2.28. The second kappa shape index (κ2) is 7.36. The van der Waals surface area contributed by atoms with Gasteiger partial charge in [0.15, 0.2) is 0 Å². The molecule has 2 aromatic rings. The van der Waals surface area contributed by atoms with Gasteiger partial charge in [0.2, 0.25) is 21.1 Å². The van der Waals surface area contributed by atoms with E-state index in [9.17, 15) is 13.2 Å². The van der Waals surface area contributed by atoms with Crippen LogP contribution in [0.4, 0.5) is 5.13 Å². The summed E-state index contributed by atoms with van der Waals surface area (Å²) in [5.74, 6) is -0.381. The minimum absolute atomic E-state index is 0.126. The minimum Gasteiger partial charge on any atom is -0.299 e. The number of amides is 1. The van der Waals surface area contributed by atoms with Gasteiger partial charge < -0.3 is 0 Å². The fourth-order valence-electron chi connectivity index (χ4n) is 2.67. The monoisotopic (exact) mass is 400 g/mol.